The highest BCUT2D eigenvalue weighted by Gasteiger charge is 2.38. The Bertz CT molecular complexity index is 117. The maximum atomic E-state index is 2.38. The van der Waals surface area contributed by atoms with Gasteiger partial charge in [-0.3, -0.25) is 0 Å². The smallest absolute Gasteiger partial charge is 0.0932 e. The van der Waals surface area contributed by atoms with Gasteiger partial charge in [0.15, 0.2) is 0 Å². The van der Waals surface area contributed by atoms with E-state index in [1.54, 1.807) is 25.7 Å². The highest BCUT2D eigenvalue weighted by atomic mass is 14.4. The molecule has 3 saturated carbocycles. The first-order chi connectivity index (χ1) is 4.75. The number of rotatable bonds is 1. The molecule has 2 bridgehead atoms. The fourth-order valence-electron chi connectivity index (χ4n) is 2.76. The quantitative estimate of drug-likeness (QED) is 0.456. The Balaban J connectivity index is 1.91. The van der Waals surface area contributed by atoms with Crippen LogP contribution in [0.15, 0.2) is 0 Å². The van der Waals surface area contributed by atoms with Crippen LogP contribution in [-0.2, 0) is 0 Å². The number of hydrogen-bond acceptors (Lipinski definition) is 0. The highest BCUT2D eigenvalue weighted by molar-refractivity contribution is 6.35. The summed E-state index contributed by atoms with van der Waals surface area (Å²) in [7, 11) is 4.77. The molecule has 0 aromatic heterocycles. The molecule has 54 valence electrons. The lowest BCUT2D eigenvalue weighted by Gasteiger charge is -2.46. The predicted octanol–water partition coefficient (Wildman–Crippen LogP) is 0.435. The molecular formula is C8H16B2. The molecule has 10 heavy (non-hydrogen) atoms. The average Bonchev–Trinajstić information content (AvgIpc) is 1.86. The standard InChI is InChI=1S/C8H16B2/c9-8(10)7-3-5-1-6(2-5)4-7/h5-8H,1-4,9-10H2. The SMILES string of the molecule is BC(B)C1CC2CC(C2)C1. The summed E-state index contributed by atoms with van der Waals surface area (Å²) >= 11 is 0. The summed E-state index contributed by atoms with van der Waals surface area (Å²) in [5.41, 5.74) is 0.950. The van der Waals surface area contributed by atoms with Crippen LogP contribution in [0.25, 0.3) is 0 Å². The van der Waals surface area contributed by atoms with Gasteiger partial charge in [-0.25, -0.2) is 0 Å². The minimum atomic E-state index is 0.950. The summed E-state index contributed by atoms with van der Waals surface area (Å²) in [6.07, 6.45) is 6.24. The van der Waals surface area contributed by atoms with E-state index < -0.39 is 0 Å². The zero-order valence-electron chi connectivity index (χ0n) is 7.14. The van der Waals surface area contributed by atoms with E-state index in [9.17, 15) is 0 Å². The van der Waals surface area contributed by atoms with Crippen LogP contribution in [0, 0.1) is 17.8 Å². The topological polar surface area (TPSA) is 0 Å². The van der Waals surface area contributed by atoms with Crippen LogP contribution in [-0.4, -0.2) is 15.7 Å². The average molecular weight is 134 g/mol. The lowest BCUT2D eigenvalue weighted by Crippen LogP contribution is -2.35. The lowest BCUT2D eigenvalue weighted by atomic mass is 9.52. The maximum Gasteiger partial charge on any atom is 0.0960 e. The van der Waals surface area contributed by atoms with Gasteiger partial charge in [-0.2, -0.15) is 0 Å². The summed E-state index contributed by atoms with van der Waals surface area (Å²) < 4.78 is 0. The van der Waals surface area contributed by atoms with Crippen LogP contribution in [0.2, 0.25) is 5.72 Å². The van der Waals surface area contributed by atoms with Gasteiger partial charge in [-0.15, -0.1) is 0 Å². The van der Waals surface area contributed by atoms with Crippen LogP contribution in [0.3, 0.4) is 0 Å². The summed E-state index contributed by atoms with van der Waals surface area (Å²) in [5.74, 6) is 3.37. The molecule has 0 aromatic rings. The summed E-state index contributed by atoms with van der Waals surface area (Å²) in [4.78, 5) is 0. The Morgan fingerprint density at radius 2 is 1.40 bits per heavy atom. The van der Waals surface area contributed by atoms with E-state index >= 15 is 0 Å². The third kappa shape index (κ3) is 1.02. The molecule has 0 aliphatic heterocycles. The molecule has 2 heteroatoms. The first-order valence-corrected chi connectivity index (χ1v) is 4.75. The van der Waals surface area contributed by atoms with Crippen molar-refractivity contribution in [2.24, 2.45) is 17.8 Å². The van der Waals surface area contributed by atoms with Gasteiger partial charge < -0.3 is 0 Å². The van der Waals surface area contributed by atoms with Crippen molar-refractivity contribution in [1.29, 1.82) is 0 Å². The Hall–Kier alpha value is 0.130. The lowest BCUT2D eigenvalue weighted by molar-refractivity contribution is 0.0718. The van der Waals surface area contributed by atoms with Crippen molar-refractivity contribution in [2.45, 2.75) is 31.4 Å². The van der Waals surface area contributed by atoms with Crippen LogP contribution >= 0.6 is 0 Å². The third-order valence-corrected chi connectivity index (χ3v) is 3.55. The molecule has 0 spiro atoms. The zero-order valence-corrected chi connectivity index (χ0v) is 7.14. The van der Waals surface area contributed by atoms with Gasteiger partial charge in [0.05, 0.1) is 15.7 Å². The van der Waals surface area contributed by atoms with Crippen molar-refractivity contribution in [3.63, 3.8) is 0 Å². The molecule has 0 aromatic carbocycles. The molecule has 0 amide bonds. The first kappa shape index (κ1) is 6.82. The van der Waals surface area contributed by atoms with Crippen LogP contribution < -0.4 is 0 Å². The molecule has 0 saturated heterocycles. The Morgan fingerprint density at radius 3 is 1.70 bits per heavy atom. The molecule has 0 atom stereocenters. The van der Waals surface area contributed by atoms with Crippen LogP contribution in [0.5, 0.6) is 0 Å². The van der Waals surface area contributed by atoms with E-state index in [1.807, 2.05) is 0 Å². The van der Waals surface area contributed by atoms with Gasteiger partial charge in [0, 0.05) is 0 Å². The molecule has 0 radical (unpaired) electrons. The molecule has 0 N–H and O–H groups in total. The van der Waals surface area contributed by atoms with Gasteiger partial charge in [0.1, 0.15) is 0 Å². The third-order valence-electron chi connectivity index (χ3n) is 3.55. The van der Waals surface area contributed by atoms with Crippen LogP contribution in [0.4, 0.5) is 0 Å². The zero-order chi connectivity index (χ0) is 7.14. The molecule has 3 aliphatic carbocycles. The van der Waals surface area contributed by atoms with Crippen molar-refractivity contribution in [2.75, 3.05) is 0 Å². The van der Waals surface area contributed by atoms with Crippen molar-refractivity contribution >= 4 is 15.7 Å². The monoisotopic (exact) mass is 134 g/mol. The second-order valence-electron chi connectivity index (χ2n) is 4.68. The minimum Gasteiger partial charge on any atom is -0.0932 e. The molecular weight excluding hydrogens is 118 g/mol. The van der Waals surface area contributed by atoms with E-state index in [0.29, 0.717) is 0 Å². The van der Waals surface area contributed by atoms with E-state index in [0.717, 1.165) is 23.5 Å². The second kappa shape index (κ2) is 2.32. The van der Waals surface area contributed by atoms with Crippen molar-refractivity contribution < 1.29 is 0 Å². The second-order valence-corrected chi connectivity index (χ2v) is 4.68. The molecule has 3 aliphatic rings. The first-order valence-electron chi connectivity index (χ1n) is 4.75. The molecule has 3 rings (SSSR count). The molecule has 0 nitrogen and oxygen atoms in total. The van der Waals surface area contributed by atoms with E-state index in [2.05, 4.69) is 15.7 Å². The van der Waals surface area contributed by atoms with Crippen LogP contribution in [0.1, 0.15) is 25.7 Å². The van der Waals surface area contributed by atoms with Gasteiger partial charge in [-0.1, -0.05) is 11.6 Å². The predicted molar refractivity (Wildman–Crippen MR) is 49.8 cm³/mol. The highest BCUT2D eigenvalue weighted by Crippen LogP contribution is 2.50. The van der Waals surface area contributed by atoms with Gasteiger partial charge in [0.25, 0.3) is 0 Å². The molecule has 3 fully saturated rings. The fraction of sp³-hybridized carbons (Fsp3) is 1.00. The minimum absolute atomic E-state index is 0.950. The normalized spacial score (nSPS) is 45.1. The Morgan fingerprint density at radius 1 is 0.900 bits per heavy atom. The van der Waals surface area contributed by atoms with Gasteiger partial charge in [-0.05, 0) is 37.5 Å². The number of hydrogen-bond donors (Lipinski definition) is 0. The summed E-state index contributed by atoms with van der Waals surface area (Å²) in [6, 6.07) is 0. The maximum absolute atomic E-state index is 2.38. The van der Waals surface area contributed by atoms with Crippen molar-refractivity contribution in [1.82, 2.24) is 0 Å². The summed E-state index contributed by atoms with van der Waals surface area (Å²) in [6.45, 7) is 0. The van der Waals surface area contributed by atoms with Crippen molar-refractivity contribution in [3.05, 3.63) is 0 Å². The summed E-state index contributed by atoms with van der Waals surface area (Å²) in [5, 5.41) is 0. The van der Waals surface area contributed by atoms with Gasteiger partial charge in [0.2, 0.25) is 0 Å². The fourth-order valence-corrected chi connectivity index (χ4v) is 2.76. The molecule has 0 heterocycles. The van der Waals surface area contributed by atoms with Crippen molar-refractivity contribution in [3.8, 4) is 0 Å². The Labute approximate surface area is 65.6 Å². The Kier molecular flexibility index (Phi) is 1.58. The van der Waals surface area contributed by atoms with E-state index in [-0.39, 0.29) is 0 Å². The number of fused-ring (bicyclic) bond motifs is 2. The van der Waals surface area contributed by atoms with E-state index in [4.69, 9.17) is 0 Å². The largest absolute Gasteiger partial charge is 0.0960 e. The van der Waals surface area contributed by atoms with Gasteiger partial charge >= 0.3 is 0 Å². The molecule has 0 unspecified atom stereocenters. The van der Waals surface area contributed by atoms with E-state index in [1.165, 1.54) is 0 Å².